The van der Waals surface area contributed by atoms with Crippen molar-refractivity contribution in [3.05, 3.63) is 12.2 Å². The molecule has 1 saturated heterocycles. The molecule has 2 rings (SSSR count). The second-order valence-corrected chi connectivity index (χ2v) is 5.80. The van der Waals surface area contributed by atoms with E-state index in [9.17, 15) is 4.79 Å². The van der Waals surface area contributed by atoms with E-state index in [2.05, 4.69) is 22.3 Å². The number of primary amides is 1. The topological polar surface area (TPSA) is 112 Å². The molecule has 1 aromatic rings. The highest BCUT2D eigenvalue weighted by atomic mass is 32.7. The summed E-state index contributed by atoms with van der Waals surface area (Å²) in [6, 6.07) is 0. The molecule has 0 saturated carbocycles. The number of carbonyl (C=O) groups is 1. The zero-order valence-corrected chi connectivity index (χ0v) is 11.3. The fourth-order valence-corrected chi connectivity index (χ4v) is 2.26. The van der Waals surface area contributed by atoms with Gasteiger partial charge in [0.05, 0.1) is 18.4 Å². The second-order valence-electron chi connectivity index (χ2n) is 3.80. The predicted molar refractivity (Wildman–Crippen MR) is 67.2 cm³/mol. The summed E-state index contributed by atoms with van der Waals surface area (Å²) in [4.78, 5) is 23.6. The van der Waals surface area contributed by atoms with E-state index in [0.717, 1.165) is 12.8 Å². The number of amides is 1. The van der Waals surface area contributed by atoms with E-state index >= 15 is 0 Å². The Labute approximate surface area is 110 Å². The molecule has 1 aliphatic rings. The quantitative estimate of drug-likeness (QED) is 0.518. The first-order chi connectivity index (χ1) is 8.56. The zero-order chi connectivity index (χ0) is 13.1. The van der Waals surface area contributed by atoms with Crippen LogP contribution in [0.1, 0.15) is 29.7 Å². The lowest BCUT2D eigenvalue weighted by Crippen LogP contribution is -2.17. The van der Waals surface area contributed by atoms with Crippen molar-refractivity contribution >= 4 is 25.7 Å². The van der Waals surface area contributed by atoms with Crippen molar-refractivity contribution in [2.75, 3.05) is 6.61 Å². The molecule has 3 N–H and O–H groups in total. The van der Waals surface area contributed by atoms with Gasteiger partial charge < -0.3 is 10.5 Å². The molecule has 0 aromatic carbocycles. The third-order valence-electron chi connectivity index (χ3n) is 2.51. The average molecular weight is 293 g/mol. The van der Waals surface area contributed by atoms with Gasteiger partial charge in [0.1, 0.15) is 12.9 Å². The van der Waals surface area contributed by atoms with Crippen molar-refractivity contribution in [3.63, 3.8) is 0 Å². The van der Waals surface area contributed by atoms with Gasteiger partial charge in [0.2, 0.25) is 5.82 Å². The summed E-state index contributed by atoms with van der Waals surface area (Å²) in [7, 11) is -1.99. The van der Waals surface area contributed by atoms with Crippen LogP contribution in [0.4, 0.5) is 0 Å². The minimum atomic E-state index is -1.99. The molecule has 3 atom stereocenters. The third kappa shape index (κ3) is 3.39. The molecular weight excluding hydrogens is 279 g/mol. The summed E-state index contributed by atoms with van der Waals surface area (Å²) in [5.41, 5.74) is 5.06. The van der Waals surface area contributed by atoms with Gasteiger partial charge in [-0.2, -0.15) is 4.52 Å². The van der Waals surface area contributed by atoms with Gasteiger partial charge in [-0.05, 0) is 12.8 Å². The molecule has 1 aromatic heterocycles. The van der Waals surface area contributed by atoms with Gasteiger partial charge in [0.25, 0.3) is 5.91 Å². The fourth-order valence-electron chi connectivity index (χ4n) is 1.70. The Hall–Kier alpha value is -0.730. The van der Waals surface area contributed by atoms with Crippen LogP contribution in [-0.2, 0) is 9.26 Å². The average Bonchev–Trinajstić information content (AvgIpc) is 2.95. The molecule has 1 fully saturated rings. The molecule has 18 heavy (non-hydrogen) atoms. The Balaban J connectivity index is 1.89. The molecule has 8 nitrogen and oxygen atoms in total. The number of hydrogen-bond acceptors (Lipinski definition) is 7. The van der Waals surface area contributed by atoms with Crippen molar-refractivity contribution in [3.8, 4) is 0 Å². The standard InChI is InChI=1S/C8H13N4O4PS/c9-7(13)8-10-4-12(11-8)6-2-1-5(16-6)3-15-17(14)18/h4-6,14,18H,1-3H2,(H2,9,13)/p+1. The van der Waals surface area contributed by atoms with E-state index in [4.69, 9.17) is 19.9 Å². The first-order valence-corrected chi connectivity index (χ1v) is 7.95. The SMILES string of the molecule is NC(=O)c1ncn(C2CCC(CO[PH+](O)S)O2)n1. The molecule has 0 aliphatic carbocycles. The number of aromatic nitrogens is 3. The van der Waals surface area contributed by atoms with E-state index in [1.807, 2.05) is 0 Å². The Morgan fingerprint density at radius 1 is 1.78 bits per heavy atom. The summed E-state index contributed by atoms with van der Waals surface area (Å²) in [6.45, 7) is 0.294. The summed E-state index contributed by atoms with van der Waals surface area (Å²) in [5.74, 6) is -0.705. The molecule has 2 heterocycles. The Bertz CT molecular complexity index is 429. The number of hydrogen-bond donors (Lipinski definition) is 3. The minimum Gasteiger partial charge on any atom is -0.363 e. The van der Waals surface area contributed by atoms with Crippen molar-refractivity contribution < 1.29 is 18.9 Å². The molecular formula is C8H14N4O4PS+. The van der Waals surface area contributed by atoms with Crippen LogP contribution in [0, 0.1) is 0 Å². The normalized spacial score (nSPS) is 25.2. The molecule has 0 bridgehead atoms. The van der Waals surface area contributed by atoms with E-state index in [0.29, 0.717) is 6.61 Å². The Kier molecular flexibility index (Phi) is 4.52. The van der Waals surface area contributed by atoms with Gasteiger partial charge in [0.15, 0.2) is 6.23 Å². The van der Waals surface area contributed by atoms with E-state index < -0.39 is 13.5 Å². The fraction of sp³-hybridized carbons (Fsp3) is 0.625. The van der Waals surface area contributed by atoms with Crippen LogP contribution in [0.3, 0.4) is 0 Å². The number of nitrogens with zero attached hydrogens (tertiary/aromatic N) is 3. The van der Waals surface area contributed by atoms with Gasteiger partial charge in [-0.3, -0.25) is 4.79 Å². The van der Waals surface area contributed by atoms with Crippen LogP contribution in [0.5, 0.6) is 0 Å². The molecule has 1 amide bonds. The lowest BCUT2D eigenvalue weighted by Gasteiger charge is -2.12. The molecule has 0 radical (unpaired) electrons. The van der Waals surface area contributed by atoms with Gasteiger partial charge in [0, 0.05) is 0 Å². The molecule has 100 valence electrons. The number of thiol groups is 1. The van der Waals surface area contributed by atoms with E-state index in [-0.39, 0.29) is 18.2 Å². The maximum Gasteiger partial charge on any atom is 0.314 e. The van der Waals surface area contributed by atoms with Crippen LogP contribution in [0.25, 0.3) is 0 Å². The highest BCUT2D eigenvalue weighted by Crippen LogP contribution is 2.38. The summed E-state index contributed by atoms with van der Waals surface area (Å²) in [6.07, 6.45) is 2.52. The second kappa shape index (κ2) is 5.94. The third-order valence-corrected chi connectivity index (χ3v) is 3.32. The number of rotatable bonds is 5. The zero-order valence-electron chi connectivity index (χ0n) is 9.39. The Morgan fingerprint density at radius 3 is 3.17 bits per heavy atom. The smallest absolute Gasteiger partial charge is 0.314 e. The highest BCUT2D eigenvalue weighted by molar-refractivity contribution is 8.41. The first-order valence-electron chi connectivity index (χ1n) is 5.30. The number of nitrogens with two attached hydrogens (primary N) is 1. The number of ether oxygens (including phenoxy) is 1. The predicted octanol–water partition coefficient (Wildman–Crippen LogP) is -0.0475. The van der Waals surface area contributed by atoms with Gasteiger partial charge in [-0.1, -0.05) is 0 Å². The van der Waals surface area contributed by atoms with E-state index in [1.165, 1.54) is 11.0 Å². The minimum absolute atomic E-state index is 0.0329. The molecule has 3 unspecified atom stereocenters. The van der Waals surface area contributed by atoms with Gasteiger partial charge in [-0.15, -0.1) is 5.10 Å². The van der Waals surface area contributed by atoms with Crippen LogP contribution in [-0.4, -0.2) is 38.3 Å². The summed E-state index contributed by atoms with van der Waals surface area (Å²) < 4.78 is 12.1. The maximum atomic E-state index is 10.9. The summed E-state index contributed by atoms with van der Waals surface area (Å²) >= 11 is 3.79. The van der Waals surface area contributed by atoms with Crippen molar-refractivity contribution in [1.82, 2.24) is 14.8 Å². The van der Waals surface area contributed by atoms with Crippen LogP contribution >= 0.6 is 19.8 Å². The molecule has 10 heteroatoms. The lowest BCUT2D eigenvalue weighted by molar-refractivity contribution is -0.0231. The van der Waals surface area contributed by atoms with Crippen molar-refractivity contribution in [2.24, 2.45) is 5.73 Å². The van der Waals surface area contributed by atoms with Gasteiger partial charge >= 0.3 is 7.58 Å². The summed E-state index contributed by atoms with van der Waals surface area (Å²) in [5, 5.41) is 3.93. The van der Waals surface area contributed by atoms with Crippen molar-refractivity contribution in [2.45, 2.75) is 25.2 Å². The maximum absolute atomic E-state index is 10.9. The Morgan fingerprint density at radius 2 is 2.56 bits per heavy atom. The lowest BCUT2D eigenvalue weighted by atomic mass is 10.2. The molecule has 1 aliphatic heterocycles. The number of carbonyl (C=O) groups excluding carboxylic acids is 1. The van der Waals surface area contributed by atoms with E-state index in [1.54, 1.807) is 0 Å². The van der Waals surface area contributed by atoms with Crippen LogP contribution < -0.4 is 5.73 Å². The van der Waals surface area contributed by atoms with Crippen LogP contribution in [0.2, 0.25) is 0 Å². The largest absolute Gasteiger partial charge is 0.363 e. The van der Waals surface area contributed by atoms with Gasteiger partial charge in [-0.25, -0.2) is 14.6 Å². The highest BCUT2D eigenvalue weighted by Gasteiger charge is 2.29. The molecule has 0 spiro atoms. The monoisotopic (exact) mass is 293 g/mol. The van der Waals surface area contributed by atoms with Crippen LogP contribution in [0.15, 0.2) is 6.33 Å². The first kappa shape index (κ1) is 13.7. The van der Waals surface area contributed by atoms with Crippen molar-refractivity contribution in [1.29, 1.82) is 0 Å².